The van der Waals surface area contributed by atoms with Crippen molar-refractivity contribution in [1.82, 2.24) is 10.6 Å². The summed E-state index contributed by atoms with van der Waals surface area (Å²) in [5, 5.41) is 6.38. The molecule has 0 spiro atoms. The lowest BCUT2D eigenvalue weighted by Crippen LogP contribution is -2.33. The van der Waals surface area contributed by atoms with Crippen molar-refractivity contribution in [2.24, 2.45) is 0 Å². The molecular formula is C35H33F5N2. The summed E-state index contributed by atoms with van der Waals surface area (Å²) in [4.78, 5) is 0. The maximum Gasteiger partial charge on any atom is 0.389 e. The molecule has 3 aromatic rings. The monoisotopic (exact) mass is 576 g/mol. The number of rotatable bonds is 9. The molecule has 218 valence electrons. The van der Waals surface area contributed by atoms with Gasteiger partial charge in [-0.2, -0.15) is 13.2 Å². The highest BCUT2D eigenvalue weighted by atomic mass is 19.4. The molecule has 0 amide bonds. The summed E-state index contributed by atoms with van der Waals surface area (Å²) in [6.45, 7) is 12.0. The van der Waals surface area contributed by atoms with E-state index >= 15 is 4.39 Å². The van der Waals surface area contributed by atoms with Gasteiger partial charge in [0.2, 0.25) is 0 Å². The quantitative estimate of drug-likeness (QED) is 0.196. The number of hydrogen-bond acceptors (Lipinski definition) is 2. The second kappa shape index (κ2) is 11.3. The second-order valence-corrected chi connectivity index (χ2v) is 11.1. The fraction of sp³-hybridized carbons (Fsp3) is 0.257. The first kappa shape index (κ1) is 29.4. The van der Waals surface area contributed by atoms with Crippen LogP contribution in [0.5, 0.6) is 0 Å². The number of benzene rings is 3. The summed E-state index contributed by atoms with van der Waals surface area (Å²) in [6.07, 6.45) is -2.19. The highest BCUT2D eigenvalue weighted by Crippen LogP contribution is 2.45. The van der Waals surface area contributed by atoms with E-state index in [4.69, 9.17) is 0 Å². The topological polar surface area (TPSA) is 24.1 Å². The Morgan fingerprint density at radius 2 is 1.64 bits per heavy atom. The minimum Gasteiger partial charge on any atom is -0.388 e. The summed E-state index contributed by atoms with van der Waals surface area (Å²) in [6, 6.07) is 13.1. The molecule has 0 saturated carbocycles. The SMILES string of the molecule is C=C(NC)C1=C(c2ccc(F)cc2)Cc2cc(CCC(F)(F)F)c(-c3cc(C(=C)NC4CC=C4C)c(F)cc3C)cc21. The third-order valence-electron chi connectivity index (χ3n) is 8.24. The Kier molecular flexibility index (Phi) is 7.88. The molecule has 0 aliphatic heterocycles. The molecule has 5 rings (SSSR count). The first-order chi connectivity index (χ1) is 19.9. The molecule has 0 saturated heterocycles. The third kappa shape index (κ3) is 5.78. The molecule has 2 aliphatic rings. The Morgan fingerprint density at radius 3 is 2.24 bits per heavy atom. The van der Waals surface area contributed by atoms with Crippen LogP contribution < -0.4 is 10.6 Å². The molecule has 0 heterocycles. The fourth-order valence-corrected chi connectivity index (χ4v) is 5.74. The number of halogens is 5. The molecule has 7 heteroatoms. The van der Waals surface area contributed by atoms with Crippen LogP contribution in [0.1, 0.15) is 53.1 Å². The van der Waals surface area contributed by atoms with Gasteiger partial charge in [-0.05, 0) is 108 Å². The lowest BCUT2D eigenvalue weighted by atomic mass is 9.87. The van der Waals surface area contributed by atoms with Crippen LogP contribution in [0, 0.1) is 18.6 Å². The van der Waals surface area contributed by atoms with Gasteiger partial charge in [0.15, 0.2) is 0 Å². The molecule has 0 radical (unpaired) electrons. The predicted octanol–water partition coefficient (Wildman–Crippen LogP) is 8.91. The highest BCUT2D eigenvalue weighted by Gasteiger charge is 2.30. The maximum atomic E-state index is 15.3. The summed E-state index contributed by atoms with van der Waals surface area (Å²) in [5.41, 5.74) is 9.08. The van der Waals surface area contributed by atoms with Gasteiger partial charge in [-0.3, -0.25) is 0 Å². The fourth-order valence-electron chi connectivity index (χ4n) is 5.74. The van der Waals surface area contributed by atoms with Crippen LogP contribution >= 0.6 is 0 Å². The van der Waals surface area contributed by atoms with E-state index < -0.39 is 18.4 Å². The Hall–Kier alpha value is -4.13. The van der Waals surface area contributed by atoms with Gasteiger partial charge in [0.25, 0.3) is 0 Å². The predicted molar refractivity (Wildman–Crippen MR) is 160 cm³/mol. The minimum absolute atomic E-state index is 0.0779. The standard InChI is InChI=1S/C35H33F5N2/c1-19-6-11-33(19)42-21(3)28-17-27(20(2)14-32(28)37)29-18-31-25(15-24(29)12-13-35(38,39)40)16-30(34(31)22(4)41-5)23-7-9-26(36)10-8-23/h6-10,14-15,17-18,33,41-42H,3-4,11-13,16H2,1-2,5H3. The molecule has 1 atom stereocenters. The van der Waals surface area contributed by atoms with Crippen LogP contribution in [0.25, 0.3) is 28.0 Å². The van der Waals surface area contributed by atoms with Crippen molar-refractivity contribution in [3.05, 3.63) is 124 Å². The van der Waals surface area contributed by atoms with Crippen LogP contribution in [0.2, 0.25) is 0 Å². The molecule has 0 bridgehead atoms. The van der Waals surface area contributed by atoms with Crippen molar-refractivity contribution in [3.8, 4) is 11.1 Å². The van der Waals surface area contributed by atoms with E-state index in [-0.39, 0.29) is 23.8 Å². The Bertz CT molecular complexity index is 1640. The van der Waals surface area contributed by atoms with E-state index in [0.29, 0.717) is 40.1 Å². The van der Waals surface area contributed by atoms with Crippen LogP contribution in [0.3, 0.4) is 0 Å². The molecule has 0 fully saturated rings. The molecule has 2 aliphatic carbocycles. The van der Waals surface area contributed by atoms with Gasteiger partial charge in [-0.1, -0.05) is 43.0 Å². The molecule has 42 heavy (non-hydrogen) atoms. The van der Waals surface area contributed by atoms with E-state index in [0.717, 1.165) is 39.8 Å². The lowest BCUT2D eigenvalue weighted by molar-refractivity contribution is -0.133. The maximum absolute atomic E-state index is 15.3. The number of nitrogens with one attached hydrogen (secondary N) is 2. The Morgan fingerprint density at radius 1 is 0.929 bits per heavy atom. The van der Waals surface area contributed by atoms with Gasteiger partial charge in [-0.15, -0.1) is 0 Å². The zero-order valence-corrected chi connectivity index (χ0v) is 23.9. The van der Waals surface area contributed by atoms with E-state index in [1.54, 1.807) is 32.2 Å². The van der Waals surface area contributed by atoms with Crippen LogP contribution in [0.15, 0.2) is 79.0 Å². The molecule has 3 aromatic carbocycles. The molecule has 0 aromatic heterocycles. The molecular weight excluding hydrogens is 543 g/mol. The van der Waals surface area contributed by atoms with Gasteiger partial charge in [0.05, 0.1) is 6.04 Å². The lowest BCUT2D eigenvalue weighted by Gasteiger charge is -2.28. The molecule has 2 nitrogen and oxygen atoms in total. The van der Waals surface area contributed by atoms with Crippen LogP contribution in [-0.2, 0) is 12.8 Å². The van der Waals surface area contributed by atoms with E-state index in [1.807, 2.05) is 19.1 Å². The van der Waals surface area contributed by atoms with Crippen molar-refractivity contribution in [2.75, 3.05) is 7.05 Å². The number of hydrogen-bond donors (Lipinski definition) is 2. The summed E-state index contributed by atoms with van der Waals surface area (Å²) >= 11 is 0. The average Bonchev–Trinajstić information content (AvgIpc) is 3.31. The average molecular weight is 577 g/mol. The molecule has 2 N–H and O–H groups in total. The van der Waals surface area contributed by atoms with Crippen LogP contribution in [-0.4, -0.2) is 19.3 Å². The minimum atomic E-state index is -4.34. The highest BCUT2D eigenvalue weighted by molar-refractivity contribution is 6.04. The van der Waals surface area contributed by atoms with Gasteiger partial charge in [0, 0.05) is 36.0 Å². The van der Waals surface area contributed by atoms with Gasteiger partial charge < -0.3 is 10.6 Å². The number of fused-ring (bicyclic) bond motifs is 1. The Labute approximate surface area is 243 Å². The summed E-state index contributed by atoms with van der Waals surface area (Å²) in [7, 11) is 1.75. The first-order valence-corrected chi connectivity index (χ1v) is 13.9. The summed E-state index contributed by atoms with van der Waals surface area (Å²) < 4.78 is 69.3. The smallest absolute Gasteiger partial charge is 0.388 e. The number of likely N-dealkylation sites (N-methyl/N-ethyl adjacent to an activating group) is 1. The zero-order valence-electron chi connectivity index (χ0n) is 23.9. The van der Waals surface area contributed by atoms with Crippen molar-refractivity contribution in [2.45, 2.75) is 51.7 Å². The number of alkyl halides is 3. The Balaban J connectivity index is 1.67. The number of aryl methyl sites for hydroxylation is 2. The largest absolute Gasteiger partial charge is 0.389 e. The van der Waals surface area contributed by atoms with Gasteiger partial charge in [0.1, 0.15) is 11.6 Å². The number of allylic oxidation sites excluding steroid dienone is 2. The second-order valence-electron chi connectivity index (χ2n) is 11.1. The van der Waals surface area contributed by atoms with E-state index in [2.05, 4.69) is 29.9 Å². The van der Waals surface area contributed by atoms with E-state index in [9.17, 15) is 17.6 Å². The first-order valence-electron chi connectivity index (χ1n) is 13.9. The summed E-state index contributed by atoms with van der Waals surface area (Å²) in [5.74, 6) is -0.807. The van der Waals surface area contributed by atoms with E-state index in [1.165, 1.54) is 18.2 Å². The van der Waals surface area contributed by atoms with Crippen molar-refractivity contribution in [3.63, 3.8) is 0 Å². The normalized spacial score (nSPS) is 16.1. The van der Waals surface area contributed by atoms with Crippen molar-refractivity contribution in [1.29, 1.82) is 0 Å². The van der Waals surface area contributed by atoms with Crippen molar-refractivity contribution < 1.29 is 22.0 Å². The molecule has 1 unspecified atom stereocenters. The third-order valence-corrected chi connectivity index (χ3v) is 8.24. The zero-order chi connectivity index (χ0) is 30.3. The van der Waals surface area contributed by atoms with Gasteiger partial charge >= 0.3 is 6.18 Å². The van der Waals surface area contributed by atoms with Crippen molar-refractivity contribution >= 4 is 16.8 Å². The van der Waals surface area contributed by atoms with Crippen LogP contribution in [0.4, 0.5) is 22.0 Å². The van der Waals surface area contributed by atoms with Gasteiger partial charge in [-0.25, -0.2) is 8.78 Å².